The van der Waals surface area contributed by atoms with Crippen molar-refractivity contribution >= 4 is 43.3 Å². The number of amides is 2. The van der Waals surface area contributed by atoms with E-state index in [4.69, 9.17) is 0 Å². The van der Waals surface area contributed by atoms with E-state index in [9.17, 15) is 22.4 Å². The molecule has 1 aromatic heterocycles. The van der Waals surface area contributed by atoms with Crippen LogP contribution in [0.3, 0.4) is 0 Å². The number of hydrogen-bond donors (Lipinski definition) is 2. The van der Waals surface area contributed by atoms with Crippen molar-refractivity contribution in [1.29, 1.82) is 0 Å². The third-order valence-electron chi connectivity index (χ3n) is 3.87. The maximum Gasteiger partial charge on any atom is 0.279 e. The van der Waals surface area contributed by atoms with E-state index in [1.807, 2.05) is 0 Å². The van der Waals surface area contributed by atoms with Gasteiger partial charge in [-0.25, -0.2) is 17.1 Å². The molecule has 1 heterocycles. The lowest BCUT2D eigenvalue weighted by molar-refractivity contribution is 0.0849. The number of hydrogen-bond acceptors (Lipinski definition) is 5. The van der Waals surface area contributed by atoms with E-state index in [1.54, 1.807) is 6.07 Å². The van der Waals surface area contributed by atoms with Crippen molar-refractivity contribution in [3.05, 3.63) is 64.8 Å². The number of rotatable bonds is 4. The minimum Gasteiger partial charge on any atom is -0.267 e. The Balaban J connectivity index is 1.72. The Labute approximate surface area is 164 Å². The zero-order chi connectivity index (χ0) is 20.5. The van der Waals surface area contributed by atoms with Crippen LogP contribution >= 0.6 is 11.3 Å². The molecule has 0 atom stereocenters. The van der Waals surface area contributed by atoms with Crippen LogP contribution in [-0.2, 0) is 10.0 Å². The van der Waals surface area contributed by atoms with Gasteiger partial charge in [0.1, 0.15) is 5.82 Å². The summed E-state index contributed by atoms with van der Waals surface area (Å²) in [6.45, 7) is 0. The Morgan fingerprint density at radius 2 is 1.71 bits per heavy atom. The summed E-state index contributed by atoms with van der Waals surface area (Å²) in [5.41, 5.74) is 4.59. The topological polar surface area (TPSA) is 95.6 Å². The number of hydrazine groups is 1. The molecule has 0 aliphatic carbocycles. The van der Waals surface area contributed by atoms with Crippen LogP contribution in [0, 0.1) is 5.82 Å². The van der Waals surface area contributed by atoms with Gasteiger partial charge >= 0.3 is 0 Å². The van der Waals surface area contributed by atoms with Gasteiger partial charge in [-0.05, 0) is 47.9 Å². The van der Waals surface area contributed by atoms with Gasteiger partial charge in [-0.15, -0.1) is 11.3 Å². The van der Waals surface area contributed by atoms with Crippen molar-refractivity contribution in [1.82, 2.24) is 15.2 Å². The standard InChI is InChI=1S/C18H16FN3O4S2/c1-22(2)28(25,26)14-5-3-4-11(9-14)17(23)20-21-18(24)16-10-12-8-13(19)6-7-15(12)27-16/h3-10H,1-2H3,(H,20,23)(H,21,24). The van der Waals surface area contributed by atoms with Crippen molar-refractivity contribution < 1.29 is 22.4 Å². The summed E-state index contributed by atoms with van der Waals surface area (Å²) in [6.07, 6.45) is 0. The average molecular weight is 421 g/mol. The molecule has 0 fully saturated rings. The summed E-state index contributed by atoms with van der Waals surface area (Å²) >= 11 is 1.16. The molecule has 0 spiro atoms. The van der Waals surface area contributed by atoms with Crippen LogP contribution in [-0.4, -0.2) is 38.6 Å². The highest BCUT2D eigenvalue weighted by Gasteiger charge is 2.19. The molecule has 10 heteroatoms. The first-order valence-corrected chi connectivity index (χ1v) is 10.3. The van der Waals surface area contributed by atoms with E-state index in [0.29, 0.717) is 10.3 Å². The van der Waals surface area contributed by atoms with E-state index in [-0.39, 0.29) is 10.5 Å². The molecule has 146 valence electrons. The summed E-state index contributed by atoms with van der Waals surface area (Å²) in [7, 11) is -0.912. The largest absolute Gasteiger partial charge is 0.279 e. The van der Waals surface area contributed by atoms with Gasteiger partial charge in [0.25, 0.3) is 11.8 Å². The molecule has 0 saturated heterocycles. The van der Waals surface area contributed by atoms with Gasteiger partial charge in [0, 0.05) is 24.4 Å². The number of carbonyl (C=O) groups excluding carboxylic acids is 2. The fraction of sp³-hybridized carbons (Fsp3) is 0.111. The van der Waals surface area contributed by atoms with Crippen LogP contribution in [0.1, 0.15) is 20.0 Å². The van der Waals surface area contributed by atoms with Gasteiger partial charge in [-0.2, -0.15) is 0 Å². The second-order valence-corrected chi connectivity index (χ2v) is 9.25. The third-order valence-corrected chi connectivity index (χ3v) is 6.79. The molecular weight excluding hydrogens is 405 g/mol. The van der Waals surface area contributed by atoms with Gasteiger partial charge in [-0.3, -0.25) is 20.4 Å². The maximum atomic E-state index is 13.3. The summed E-state index contributed by atoms with van der Waals surface area (Å²) in [6, 6.07) is 11.2. The quantitative estimate of drug-likeness (QED) is 0.632. The van der Waals surface area contributed by atoms with Crippen LogP contribution in [0.25, 0.3) is 10.1 Å². The predicted octanol–water partition coefficient (Wildman–Crippen LogP) is 2.37. The normalized spacial score (nSPS) is 11.6. The molecule has 28 heavy (non-hydrogen) atoms. The van der Waals surface area contributed by atoms with E-state index >= 15 is 0 Å². The average Bonchev–Trinajstić information content (AvgIpc) is 3.09. The molecule has 0 saturated carbocycles. The van der Waals surface area contributed by atoms with Crippen molar-refractivity contribution in [3.8, 4) is 0 Å². The number of halogens is 1. The minimum atomic E-state index is -3.69. The minimum absolute atomic E-state index is 0.0389. The smallest absolute Gasteiger partial charge is 0.267 e. The van der Waals surface area contributed by atoms with E-state index in [1.165, 1.54) is 56.6 Å². The second kappa shape index (κ2) is 7.66. The molecule has 2 aromatic carbocycles. The van der Waals surface area contributed by atoms with E-state index < -0.39 is 27.7 Å². The monoisotopic (exact) mass is 421 g/mol. The molecule has 7 nitrogen and oxygen atoms in total. The second-order valence-electron chi connectivity index (χ2n) is 6.02. The first-order chi connectivity index (χ1) is 13.2. The maximum absolute atomic E-state index is 13.3. The predicted molar refractivity (Wildman–Crippen MR) is 104 cm³/mol. The number of nitrogens with zero attached hydrogens (tertiary/aromatic N) is 1. The molecule has 0 aliphatic heterocycles. The van der Waals surface area contributed by atoms with Crippen LogP contribution < -0.4 is 10.9 Å². The zero-order valence-corrected chi connectivity index (χ0v) is 16.5. The SMILES string of the molecule is CN(C)S(=O)(=O)c1cccc(C(=O)NNC(=O)c2cc3cc(F)ccc3s2)c1. The number of benzene rings is 2. The van der Waals surface area contributed by atoms with E-state index in [2.05, 4.69) is 10.9 Å². The summed E-state index contributed by atoms with van der Waals surface area (Å²) in [4.78, 5) is 24.8. The van der Waals surface area contributed by atoms with Crippen LogP contribution in [0.15, 0.2) is 53.4 Å². The lowest BCUT2D eigenvalue weighted by atomic mass is 10.2. The molecular formula is C18H16FN3O4S2. The molecule has 0 radical (unpaired) electrons. The Morgan fingerprint density at radius 1 is 1.00 bits per heavy atom. The highest BCUT2D eigenvalue weighted by atomic mass is 32.2. The number of thiophene rings is 1. The summed E-state index contributed by atoms with van der Waals surface area (Å²) < 4.78 is 39.4. The Hall–Kier alpha value is -2.82. The number of carbonyl (C=O) groups is 2. The van der Waals surface area contributed by atoms with Gasteiger partial charge in [0.15, 0.2) is 0 Å². The summed E-state index contributed by atoms with van der Waals surface area (Å²) in [5.74, 6) is -1.64. The molecule has 0 unspecified atom stereocenters. The fourth-order valence-electron chi connectivity index (χ4n) is 2.38. The van der Waals surface area contributed by atoms with Crippen LogP contribution in [0.5, 0.6) is 0 Å². The van der Waals surface area contributed by atoms with Crippen molar-refractivity contribution in [3.63, 3.8) is 0 Å². The van der Waals surface area contributed by atoms with Crippen LogP contribution in [0.4, 0.5) is 4.39 Å². The molecule has 2 amide bonds. The fourth-order valence-corrected chi connectivity index (χ4v) is 4.27. The van der Waals surface area contributed by atoms with Gasteiger partial charge in [0.05, 0.1) is 9.77 Å². The van der Waals surface area contributed by atoms with Gasteiger partial charge < -0.3 is 0 Å². The van der Waals surface area contributed by atoms with Crippen molar-refractivity contribution in [2.45, 2.75) is 4.90 Å². The van der Waals surface area contributed by atoms with Gasteiger partial charge in [0.2, 0.25) is 10.0 Å². The Kier molecular flexibility index (Phi) is 5.45. The van der Waals surface area contributed by atoms with Crippen molar-refractivity contribution in [2.75, 3.05) is 14.1 Å². The van der Waals surface area contributed by atoms with Crippen molar-refractivity contribution in [2.24, 2.45) is 0 Å². The number of fused-ring (bicyclic) bond motifs is 1. The Morgan fingerprint density at radius 3 is 2.43 bits per heavy atom. The number of sulfonamides is 1. The molecule has 2 N–H and O–H groups in total. The highest BCUT2D eigenvalue weighted by Crippen LogP contribution is 2.26. The molecule has 3 aromatic rings. The molecule has 0 aliphatic rings. The first-order valence-electron chi connectivity index (χ1n) is 8.01. The van der Waals surface area contributed by atoms with E-state index in [0.717, 1.165) is 20.3 Å². The highest BCUT2D eigenvalue weighted by molar-refractivity contribution is 7.89. The van der Waals surface area contributed by atoms with Crippen LogP contribution in [0.2, 0.25) is 0 Å². The van der Waals surface area contributed by atoms with Gasteiger partial charge in [-0.1, -0.05) is 6.07 Å². The summed E-state index contributed by atoms with van der Waals surface area (Å²) in [5, 5.41) is 0.586. The number of nitrogens with one attached hydrogen (secondary N) is 2. The first kappa shape index (κ1) is 19.9. The Bertz CT molecular complexity index is 1170. The molecule has 0 bridgehead atoms. The third kappa shape index (κ3) is 4.03. The lowest BCUT2D eigenvalue weighted by Crippen LogP contribution is -2.41. The zero-order valence-electron chi connectivity index (χ0n) is 14.9. The lowest BCUT2D eigenvalue weighted by Gasteiger charge is -2.12. The molecule has 3 rings (SSSR count).